The van der Waals surface area contributed by atoms with Gasteiger partial charge in [0, 0.05) is 11.8 Å². The molecule has 0 spiro atoms. The Morgan fingerprint density at radius 3 is 2.36 bits per heavy atom. The Morgan fingerprint density at radius 2 is 1.86 bits per heavy atom. The Morgan fingerprint density at radius 1 is 1.18 bits per heavy atom. The Kier molecular flexibility index (Phi) is 4.99. The molecule has 0 saturated carbocycles. The maximum Gasteiger partial charge on any atom is 0.433 e. The Hall–Kier alpha value is -2.08. The minimum Gasteiger partial charge on any atom is -0.276 e. The van der Waals surface area contributed by atoms with Gasteiger partial charge in [-0.05, 0) is 25.0 Å². The fourth-order valence-electron chi connectivity index (χ4n) is 3.49. The van der Waals surface area contributed by atoms with Gasteiger partial charge >= 0.3 is 12.1 Å². The lowest BCUT2D eigenvalue weighted by Gasteiger charge is -2.43. The van der Waals surface area contributed by atoms with Crippen LogP contribution in [0.4, 0.5) is 22.0 Å². The van der Waals surface area contributed by atoms with Crippen molar-refractivity contribution in [3.05, 3.63) is 41.5 Å². The minimum atomic E-state index is -4.75. The zero-order valence-electron chi connectivity index (χ0n) is 14.8. The van der Waals surface area contributed by atoms with Gasteiger partial charge in [0.25, 0.3) is 0 Å². The van der Waals surface area contributed by atoms with Crippen molar-refractivity contribution in [2.24, 2.45) is 0 Å². The van der Waals surface area contributed by atoms with E-state index in [4.69, 9.17) is 0 Å². The summed E-state index contributed by atoms with van der Waals surface area (Å²) >= 11 is 0. The van der Waals surface area contributed by atoms with Gasteiger partial charge in [0.1, 0.15) is 16.3 Å². The van der Waals surface area contributed by atoms with Gasteiger partial charge in [-0.2, -0.15) is 31.4 Å². The topological polar surface area (TPSA) is 79.0 Å². The third-order valence-corrected chi connectivity index (χ3v) is 6.67. The van der Waals surface area contributed by atoms with Crippen LogP contribution < -0.4 is 0 Å². The molecule has 154 valence electrons. The van der Waals surface area contributed by atoms with Crippen molar-refractivity contribution >= 4 is 10.0 Å². The molecule has 0 radical (unpaired) electrons. The first-order chi connectivity index (χ1) is 13.0. The first-order valence-corrected chi connectivity index (χ1v) is 9.88. The molecule has 28 heavy (non-hydrogen) atoms. The molecule has 1 N–H and O–H groups in total. The third kappa shape index (κ3) is 3.08. The summed E-state index contributed by atoms with van der Waals surface area (Å²) in [6.07, 6.45) is -3.09. The molecule has 6 nitrogen and oxygen atoms in total. The van der Waals surface area contributed by atoms with Crippen molar-refractivity contribution in [2.75, 3.05) is 0 Å². The quantitative estimate of drug-likeness (QED) is 0.757. The number of H-pyrrole nitrogens is 1. The van der Waals surface area contributed by atoms with Crippen LogP contribution >= 0.6 is 0 Å². The van der Waals surface area contributed by atoms with Gasteiger partial charge in [0.05, 0.1) is 18.3 Å². The molecule has 0 amide bonds. The molecule has 12 heteroatoms. The highest BCUT2D eigenvalue weighted by Crippen LogP contribution is 2.49. The number of nitrogens with zero attached hydrogens (tertiary/aromatic N) is 3. The summed E-state index contributed by atoms with van der Waals surface area (Å²) in [5.74, 6) is -3.54. The van der Waals surface area contributed by atoms with Crippen LogP contribution in [0, 0.1) is 0 Å². The number of rotatable bonds is 4. The molecule has 3 heterocycles. The number of pyridine rings is 1. The molecule has 2 atom stereocenters. The fraction of sp³-hybridized carbons (Fsp3) is 0.500. The molecule has 2 aromatic heterocycles. The molecule has 1 aliphatic rings. The maximum absolute atomic E-state index is 15.0. The minimum absolute atomic E-state index is 0.0423. The van der Waals surface area contributed by atoms with Crippen LogP contribution in [0.2, 0.25) is 0 Å². The van der Waals surface area contributed by atoms with E-state index >= 15 is 0 Å². The van der Waals surface area contributed by atoms with Gasteiger partial charge in [0.2, 0.25) is 10.0 Å². The van der Waals surface area contributed by atoms with E-state index in [0.29, 0.717) is 16.6 Å². The molecule has 0 bridgehead atoms. The summed E-state index contributed by atoms with van der Waals surface area (Å²) in [5, 5.41) is 5.88. The summed E-state index contributed by atoms with van der Waals surface area (Å²) in [6, 6.07) is -1.42. The van der Waals surface area contributed by atoms with Crippen molar-refractivity contribution in [3.8, 4) is 0 Å². The number of nitrogens with one attached hydrogen (secondary N) is 1. The Balaban J connectivity index is 2.14. The van der Waals surface area contributed by atoms with Crippen molar-refractivity contribution in [1.82, 2.24) is 19.5 Å². The van der Waals surface area contributed by atoms with E-state index in [1.165, 1.54) is 6.92 Å². The molecule has 3 rings (SSSR count). The number of aromatic amines is 1. The average Bonchev–Trinajstić information content (AvgIpc) is 3.11. The number of halogens is 5. The van der Waals surface area contributed by atoms with Crippen LogP contribution in [-0.2, 0) is 22.1 Å². The maximum atomic E-state index is 15.0. The lowest BCUT2D eigenvalue weighted by molar-refractivity contribution is -0.141. The summed E-state index contributed by atoms with van der Waals surface area (Å²) < 4.78 is 95.0. The standard InChI is InChI=1S/C16H17F5N4O2S/c1-3-11-10-8-23-24-14(10)15(17,18)13(4-2)25(11)28(26,27)9-5-6-12(22-7-9)16(19,20)21/h5-8,11,13H,3-4H2,1-2H3,(H,23,24)/t11-,13+/m1/s1. The number of fused-ring (bicyclic) bond motifs is 1. The van der Waals surface area contributed by atoms with E-state index in [1.807, 2.05) is 0 Å². The summed E-state index contributed by atoms with van der Waals surface area (Å²) in [4.78, 5) is 2.56. The first kappa shape index (κ1) is 20.6. The highest BCUT2D eigenvalue weighted by Gasteiger charge is 2.57. The fourth-order valence-corrected chi connectivity index (χ4v) is 5.37. The molecule has 0 unspecified atom stereocenters. The first-order valence-electron chi connectivity index (χ1n) is 8.44. The lowest BCUT2D eigenvalue weighted by atomic mass is 9.90. The molecule has 2 aromatic rings. The van der Waals surface area contributed by atoms with E-state index in [1.54, 1.807) is 6.92 Å². The van der Waals surface area contributed by atoms with Crippen molar-refractivity contribution in [2.45, 2.75) is 55.8 Å². The normalized spacial score (nSPS) is 22.8. The van der Waals surface area contributed by atoms with E-state index in [-0.39, 0.29) is 18.4 Å². The van der Waals surface area contributed by atoms with E-state index in [9.17, 15) is 30.4 Å². The SMILES string of the molecule is CC[C@@H]1c2cn[nH]c2C(F)(F)[C@H](CC)N1S(=O)(=O)c1ccc(C(F)(F)F)nc1. The second-order valence-electron chi connectivity index (χ2n) is 6.38. The van der Waals surface area contributed by atoms with E-state index < -0.39 is 50.5 Å². The Bertz CT molecular complexity index is 956. The van der Waals surface area contributed by atoms with Crippen molar-refractivity contribution in [1.29, 1.82) is 0 Å². The lowest BCUT2D eigenvalue weighted by Crippen LogP contribution is -2.54. The van der Waals surface area contributed by atoms with Crippen LogP contribution in [0.1, 0.15) is 49.7 Å². The highest BCUT2D eigenvalue weighted by molar-refractivity contribution is 7.89. The monoisotopic (exact) mass is 424 g/mol. The number of hydrogen-bond donors (Lipinski definition) is 1. The van der Waals surface area contributed by atoms with Gasteiger partial charge in [-0.15, -0.1) is 0 Å². The predicted molar refractivity (Wildman–Crippen MR) is 87.9 cm³/mol. The molecule has 0 fully saturated rings. The zero-order chi connectivity index (χ0) is 20.9. The van der Waals surface area contributed by atoms with Crippen molar-refractivity contribution in [3.63, 3.8) is 0 Å². The summed E-state index contributed by atoms with van der Waals surface area (Å²) in [6.45, 7) is 3.05. The molecule has 0 saturated heterocycles. The largest absolute Gasteiger partial charge is 0.433 e. The van der Waals surface area contributed by atoms with Gasteiger partial charge in [0.15, 0.2) is 0 Å². The van der Waals surface area contributed by atoms with E-state index in [0.717, 1.165) is 12.3 Å². The second-order valence-corrected chi connectivity index (χ2v) is 8.23. The molecular formula is C16H17F5N4O2S. The zero-order valence-corrected chi connectivity index (χ0v) is 15.7. The van der Waals surface area contributed by atoms with Gasteiger partial charge in [-0.25, -0.2) is 8.42 Å². The van der Waals surface area contributed by atoms with Crippen LogP contribution in [0.5, 0.6) is 0 Å². The molecule has 1 aliphatic heterocycles. The van der Waals surface area contributed by atoms with Crippen molar-refractivity contribution < 1.29 is 30.4 Å². The number of aromatic nitrogens is 3. The number of sulfonamides is 1. The van der Waals surface area contributed by atoms with Crippen LogP contribution in [0.3, 0.4) is 0 Å². The summed E-state index contributed by atoms with van der Waals surface area (Å²) in [7, 11) is -4.56. The highest BCUT2D eigenvalue weighted by atomic mass is 32.2. The molecule has 0 aliphatic carbocycles. The average molecular weight is 424 g/mol. The number of alkyl halides is 5. The van der Waals surface area contributed by atoms with Gasteiger partial charge in [-0.1, -0.05) is 13.8 Å². The van der Waals surface area contributed by atoms with Gasteiger partial charge < -0.3 is 0 Å². The smallest absolute Gasteiger partial charge is 0.276 e. The van der Waals surface area contributed by atoms with E-state index in [2.05, 4.69) is 15.2 Å². The third-order valence-electron chi connectivity index (χ3n) is 4.77. The van der Waals surface area contributed by atoms with Crippen LogP contribution in [0.15, 0.2) is 29.4 Å². The number of hydrogen-bond acceptors (Lipinski definition) is 4. The molecular weight excluding hydrogens is 407 g/mol. The molecule has 0 aromatic carbocycles. The predicted octanol–water partition coefficient (Wildman–Crippen LogP) is 3.85. The second kappa shape index (κ2) is 6.76. The van der Waals surface area contributed by atoms with Crippen LogP contribution in [0.25, 0.3) is 0 Å². The van der Waals surface area contributed by atoms with Crippen LogP contribution in [-0.4, -0.2) is 33.9 Å². The Labute approximate surface area is 157 Å². The van der Waals surface area contributed by atoms with Gasteiger partial charge in [-0.3, -0.25) is 10.1 Å². The summed E-state index contributed by atoms with van der Waals surface area (Å²) in [5.41, 5.74) is -1.67.